The van der Waals surface area contributed by atoms with E-state index in [-0.39, 0.29) is 0 Å². The molecule has 1 aliphatic carbocycles. The Balaban J connectivity index is 1.65. The van der Waals surface area contributed by atoms with Gasteiger partial charge in [-0.15, -0.1) is 0 Å². The van der Waals surface area contributed by atoms with Gasteiger partial charge in [-0.1, -0.05) is 6.92 Å². The first kappa shape index (κ1) is 12.3. The van der Waals surface area contributed by atoms with Gasteiger partial charge in [0, 0.05) is 19.7 Å². The summed E-state index contributed by atoms with van der Waals surface area (Å²) in [5.41, 5.74) is 0. The molecule has 94 valence electrons. The van der Waals surface area contributed by atoms with Gasteiger partial charge in [-0.3, -0.25) is 0 Å². The third kappa shape index (κ3) is 3.44. The van der Waals surface area contributed by atoms with Crippen LogP contribution in [-0.2, 0) is 4.74 Å². The highest BCUT2D eigenvalue weighted by molar-refractivity contribution is 4.87. The van der Waals surface area contributed by atoms with Crippen LogP contribution in [-0.4, -0.2) is 50.8 Å². The predicted octanol–water partition coefficient (Wildman–Crippen LogP) is 1.34. The summed E-state index contributed by atoms with van der Waals surface area (Å²) in [6, 6.07) is 0.612. The minimum Gasteiger partial charge on any atom is -0.383 e. The van der Waals surface area contributed by atoms with Gasteiger partial charge in [0.2, 0.25) is 0 Å². The fourth-order valence-corrected chi connectivity index (χ4v) is 2.72. The van der Waals surface area contributed by atoms with Crippen LogP contribution in [0.3, 0.4) is 0 Å². The second kappa shape index (κ2) is 5.99. The normalized spacial score (nSPS) is 28.5. The van der Waals surface area contributed by atoms with E-state index in [0.717, 1.165) is 18.4 Å². The van der Waals surface area contributed by atoms with Gasteiger partial charge in [0.25, 0.3) is 0 Å². The number of ether oxygens (including phenoxy) is 1. The Labute approximate surface area is 99.5 Å². The first-order valence-corrected chi connectivity index (χ1v) is 6.78. The van der Waals surface area contributed by atoms with Crippen LogP contribution in [0.15, 0.2) is 0 Å². The molecule has 0 amide bonds. The molecule has 0 aromatic carbocycles. The average Bonchev–Trinajstić information content (AvgIpc) is 3.03. The lowest BCUT2D eigenvalue weighted by Crippen LogP contribution is -2.38. The Bertz CT molecular complexity index is 206. The third-order valence-corrected chi connectivity index (χ3v) is 4.02. The highest BCUT2D eigenvalue weighted by atomic mass is 16.5. The third-order valence-electron chi connectivity index (χ3n) is 4.02. The summed E-state index contributed by atoms with van der Waals surface area (Å²) < 4.78 is 5.29. The molecule has 2 unspecified atom stereocenters. The minimum absolute atomic E-state index is 0.612. The predicted molar refractivity (Wildman–Crippen MR) is 66.6 cm³/mol. The van der Waals surface area contributed by atoms with Crippen molar-refractivity contribution in [1.82, 2.24) is 10.2 Å². The van der Waals surface area contributed by atoms with Crippen molar-refractivity contribution in [2.75, 3.05) is 39.9 Å². The Kier molecular flexibility index (Phi) is 4.62. The number of nitrogens with zero attached hydrogens (tertiary/aromatic N) is 1. The SMILES string of the molecule is CCN1CCC(CNC(COC)C2CC2)C1. The number of likely N-dealkylation sites (tertiary alicyclic amines) is 1. The van der Waals surface area contributed by atoms with Crippen molar-refractivity contribution >= 4 is 0 Å². The quantitative estimate of drug-likeness (QED) is 0.709. The Morgan fingerprint density at radius 2 is 2.19 bits per heavy atom. The van der Waals surface area contributed by atoms with Gasteiger partial charge in [-0.05, 0) is 50.7 Å². The molecular weight excluding hydrogens is 200 g/mol. The van der Waals surface area contributed by atoms with Crippen molar-refractivity contribution in [3.8, 4) is 0 Å². The zero-order valence-electron chi connectivity index (χ0n) is 10.7. The topological polar surface area (TPSA) is 24.5 Å². The van der Waals surface area contributed by atoms with Crippen molar-refractivity contribution < 1.29 is 4.74 Å². The van der Waals surface area contributed by atoms with E-state index in [0.29, 0.717) is 6.04 Å². The van der Waals surface area contributed by atoms with Crippen molar-refractivity contribution in [2.45, 2.75) is 32.2 Å². The molecule has 2 rings (SSSR count). The van der Waals surface area contributed by atoms with E-state index in [1.54, 1.807) is 0 Å². The number of rotatable bonds is 7. The van der Waals surface area contributed by atoms with Gasteiger partial charge in [0.05, 0.1) is 6.61 Å². The van der Waals surface area contributed by atoms with Crippen LogP contribution in [0.2, 0.25) is 0 Å². The second-order valence-corrected chi connectivity index (χ2v) is 5.36. The molecule has 1 N–H and O–H groups in total. The first-order valence-electron chi connectivity index (χ1n) is 6.78. The summed E-state index contributed by atoms with van der Waals surface area (Å²) in [4.78, 5) is 2.55. The molecule has 1 heterocycles. The molecule has 0 aromatic heterocycles. The molecule has 1 saturated heterocycles. The van der Waals surface area contributed by atoms with E-state index in [1.165, 1.54) is 45.4 Å². The highest BCUT2D eigenvalue weighted by Crippen LogP contribution is 2.32. The van der Waals surface area contributed by atoms with Crippen LogP contribution in [0.1, 0.15) is 26.2 Å². The van der Waals surface area contributed by atoms with E-state index in [9.17, 15) is 0 Å². The van der Waals surface area contributed by atoms with E-state index in [2.05, 4.69) is 17.1 Å². The Hall–Kier alpha value is -0.120. The van der Waals surface area contributed by atoms with Crippen LogP contribution < -0.4 is 5.32 Å². The van der Waals surface area contributed by atoms with Crippen LogP contribution in [0.5, 0.6) is 0 Å². The van der Waals surface area contributed by atoms with Crippen LogP contribution >= 0.6 is 0 Å². The lowest BCUT2D eigenvalue weighted by atomic mass is 10.1. The number of hydrogen-bond acceptors (Lipinski definition) is 3. The molecule has 0 aromatic rings. The maximum absolute atomic E-state index is 5.29. The summed E-state index contributed by atoms with van der Waals surface area (Å²) in [6.45, 7) is 8.11. The number of hydrogen-bond donors (Lipinski definition) is 1. The molecule has 2 aliphatic rings. The summed E-state index contributed by atoms with van der Waals surface area (Å²) in [5.74, 6) is 1.75. The zero-order valence-corrected chi connectivity index (χ0v) is 10.7. The van der Waals surface area contributed by atoms with E-state index >= 15 is 0 Å². The van der Waals surface area contributed by atoms with E-state index in [1.807, 2.05) is 7.11 Å². The molecular formula is C13H26N2O. The Morgan fingerprint density at radius 3 is 2.75 bits per heavy atom. The van der Waals surface area contributed by atoms with Gasteiger partial charge in [-0.2, -0.15) is 0 Å². The van der Waals surface area contributed by atoms with Crippen LogP contribution in [0.25, 0.3) is 0 Å². The molecule has 3 nitrogen and oxygen atoms in total. The van der Waals surface area contributed by atoms with E-state index in [4.69, 9.17) is 4.74 Å². The summed E-state index contributed by atoms with van der Waals surface area (Å²) in [5, 5.41) is 3.72. The van der Waals surface area contributed by atoms with Gasteiger partial charge >= 0.3 is 0 Å². The van der Waals surface area contributed by atoms with Gasteiger partial charge in [0.15, 0.2) is 0 Å². The van der Waals surface area contributed by atoms with Gasteiger partial charge in [-0.25, -0.2) is 0 Å². The smallest absolute Gasteiger partial charge is 0.0618 e. The fraction of sp³-hybridized carbons (Fsp3) is 1.00. The largest absolute Gasteiger partial charge is 0.383 e. The molecule has 2 fully saturated rings. The molecule has 0 bridgehead atoms. The molecule has 0 spiro atoms. The molecule has 16 heavy (non-hydrogen) atoms. The zero-order chi connectivity index (χ0) is 11.4. The van der Waals surface area contributed by atoms with Crippen LogP contribution in [0, 0.1) is 11.8 Å². The fourth-order valence-electron chi connectivity index (χ4n) is 2.72. The Morgan fingerprint density at radius 1 is 1.38 bits per heavy atom. The van der Waals surface area contributed by atoms with Crippen molar-refractivity contribution in [1.29, 1.82) is 0 Å². The second-order valence-electron chi connectivity index (χ2n) is 5.36. The van der Waals surface area contributed by atoms with E-state index < -0.39 is 0 Å². The highest BCUT2D eigenvalue weighted by Gasteiger charge is 2.31. The molecule has 0 radical (unpaired) electrons. The number of nitrogens with one attached hydrogen (secondary N) is 1. The maximum Gasteiger partial charge on any atom is 0.0618 e. The van der Waals surface area contributed by atoms with Gasteiger partial charge < -0.3 is 15.0 Å². The standard InChI is InChI=1S/C13H26N2O/c1-3-15-7-6-11(9-15)8-14-13(10-16-2)12-4-5-12/h11-14H,3-10H2,1-2H3. The lowest BCUT2D eigenvalue weighted by Gasteiger charge is -2.20. The lowest BCUT2D eigenvalue weighted by molar-refractivity contribution is 0.155. The van der Waals surface area contributed by atoms with Crippen molar-refractivity contribution in [2.24, 2.45) is 11.8 Å². The monoisotopic (exact) mass is 226 g/mol. The van der Waals surface area contributed by atoms with Crippen molar-refractivity contribution in [3.63, 3.8) is 0 Å². The summed E-state index contributed by atoms with van der Waals surface area (Å²) >= 11 is 0. The average molecular weight is 226 g/mol. The summed E-state index contributed by atoms with van der Waals surface area (Å²) in [7, 11) is 1.81. The molecule has 2 atom stereocenters. The molecule has 3 heteroatoms. The van der Waals surface area contributed by atoms with Crippen molar-refractivity contribution in [3.05, 3.63) is 0 Å². The first-order chi connectivity index (χ1) is 7.83. The minimum atomic E-state index is 0.612. The molecule has 1 saturated carbocycles. The maximum atomic E-state index is 5.29. The summed E-state index contributed by atoms with van der Waals surface area (Å²) in [6.07, 6.45) is 4.16. The number of methoxy groups -OCH3 is 1. The van der Waals surface area contributed by atoms with Gasteiger partial charge in [0.1, 0.15) is 0 Å². The van der Waals surface area contributed by atoms with Crippen LogP contribution in [0.4, 0.5) is 0 Å². The molecule has 1 aliphatic heterocycles.